The van der Waals surface area contributed by atoms with Gasteiger partial charge in [-0.3, -0.25) is 14.6 Å². The van der Waals surface area contributed by atoms with Gasteiger partial charge in [0.15, 0.2) is 0 Å². The lowest BCUT2D eigenvalue weighted by Gasteiger charge is -2.43. The number of carbonyl (C=O) groups excluding carboxylic acids is 1. The van der Waals surface area contributed by atoms with Gasteiger partial charge in [-0.25, -0.2) is 0 Å². The third-order valence-electron chi connectivity index (χ3n) is 4.64. The zero-order valence-corrected chi connectivity index (χ0v) is 12.1. The number of ether oxygens (including phenoxy) is 1. The number of carbonyl (C=O) groups is 1. The van der Waals surface area contributed by atoms with Crippen molar-refractivity contribution in [3.05, 3.63) is 0 Å². The van der Waals surface area contributed by atoms with Crippen molar-refractivity contribution in [1.82, 2.24) is 20.4 Å². The van der Waals surface area contributed by atoms with Crippen LogP contribution in [0, 0.1) is 0 Å². The largest absolute Gasteiger partial charge is 0.381 e. The van der Waals surface area contributed by atoms with Crippen molar-refractivity contribution in [2.75, 3.05) is 59.0 Å². The standard InChI is InChI=1S/C14H26N4O2/c19-14(16-12-1-7-20-8-2-12)11-17-3-5-18(6-4-17)13-9-15-10-13/h12-13,15H,1-11H2,(H,16,19). The molecule has 0 bridgehead atoms. The van der Waals surface area contributed by atoms with Crippen LogP contribution >= 0.6 is 0 Å². The minimum absolute atomic E-state index is 0.177. The maximum absolute atomic E-state index is 12.0. The molecule has 0 atom stereocenters. The molecule has 0 spiro atoms. The predicted molar refractivity (Wildman–Crippen MR) is 76.7 cm³/mol. The Hall–Kier alpha value is -0.690. The van der Waals surface area contributed by atoms with Crippen LogP contribution in [-0.4, -0.2) is 86.8 Å². The zero-order valence-electron chi connectivity index (χ0n) is 12.1. The topological polar surface area (TPSA) is 56.8 Å². The Labute approximate surface area is 120 Å². The Balaban J connectivity index is 1.34. The van der Waals surface area contributed by atoms with E-state index in [0.717, 1.165) is 71.4 Å². The van der Waals surface area contributed by atoms with Crippen molar-refractivity contribution in [2.24, 2.45) is 0 Å². The summed E-state index contributed by atoms with van der Waals surface area (Å²) in [5, 5.41) is 6.46. The highest BCUT2D eigenvalue weighted by Gasteiger charge is 2.28. The fourth-order valence-electron chi connectivity index (χ4n) is 3.14. The summed E-state index contributed by atoms with van der Waals surface area (Å²) in [7, 11) is 0. The monoisotopic (exact) mass is 282 g/mol. The van der Waals surface area contributed by atoms with Crippen LogP contribution in [0.4, 0.5) is 0 Å². The molecule has 0 saturated carbocycles. The second-order valence-corrected chi connectivity index (χ2v) is 6.08. The van der Waals surface area contributed by atoms with Crippen LogP contribution in [0.5, 0.6) is 0 Å². The molecule has 3 aliphatic rings. The second kappa shape index (κ2) is 6.85. The summed E-state index contributed by atoms with van der Waals surface area (Å²) in [6.07, 6.45) is 1.91. The first kappa shape index (κ1) is 14.3. The van der Waals surface area contributed by atoms with Crippen molar-refractivity contribution in [1.29, 1.82) is 0 Å². The number of rotatable bonds is 4. The summed E-state index contributed by atoms with van der Waals surface area (Å²) in [4.78, 5) is 16.9. The summed E-state index contributed by atoms with van der Waals surface area (Å²) in [6.45, 7) is 8.57. The SMILES string of the molecule is O=C(CN1CCN(C2CNC2)CC1)NC1CCOCC1. The van der Waals surface area contributed by atoms with Gasteiger partial charge in [0, 0.05) is 64.6 Å². The lowest BCUT2D eigenvalue weighted by Crippen LogP contribution is -2.62. The Kier molecular flexibility index (Phi) is 4.88. The molecule has 1 amide bonds. The molecule has 0 unspecified atom stereocenters. The van der Waals surface area contributed by atoms with E-state index >= 15 is 0 Å². The smallest absolute Gasteiger partial charge is 0.234 e. The van der Waals surface area contributed by atoms with E-state index in [1.807, 2.05) is 0 Å². The van der Waals surface area contributed by atoms with Crippen LogP contribution in [-0.2, 0) is 9.53 Å². The number of hydrogen-bond donors (Lipinski definition) is 2. The molecule has 2 N–H and O–H groups in total. The van der Waals surface area contributed by atoms with E-state index in [-0.39, 0.29) is 5.91 Å². The average Bonchev–Trinajstić information content (AvgIpc) is 2.40. The highest BCUT2D eigenvalue weighted by atomic mass is 16.5. The lowest BCUT2D eigenvalue weighted by molar-refractivity contribution is -0.124. The molecule has 3 saturated heterocycles. The first-order valence-electron chi connectivity index (χ1n) is 7.85. The van der Waals surface area contributed by atoms with Gasteiger partial charge in [-0.15, -0.1) is 0 Å². The van der Waals surface area contributed by atoms with Gasteiger partial charge >= 0.3 is 0 Å². The summed E-state index contributed by atoms with van der Waals surface area (Å²) in [6, 6.07) is 1.05. The van der Waals surface area contributed by atoms with Crippen LogP contribution in [0.15, 0.2) is 0 Å². The molecule has 3 aliphatic heterocycles. The first-order valence-corrected chi connectivity index (χ1v) is 7.85. The van der Waals surface area contributed by atoms with Gasteiger partial charge in [0.05, 0.1) is 6.54 Å². The van der Waals surface area contributed by atoms with Crippen molar-refractivity contribution in [3.63, 3.8) is 0 Å². The number of nitrogens with zero attached hydrogens (tertiary/aromatic N) is 2. The number of nitrogens with one attached hydrogen (secondary N) is 2. The summed E-state index contributed by atoms with van der Waals surface area (Å²) >= 11 is 0. The minimum atomic E-state index is 0.177. The highest BCUT2D eigenvalue weighted by molar-refractivity contribution is 5.78. The molecule has 3 rings (SSSR count). The molecule has 0 aliphatic carbocycles. The van der Waals surface area contributed by atoms with Crippen LogP contribution in [0.3, 0.4) is 0 Å². The third kappa shape index (κ3) is 3.69. The van der Waals surface area contributed by atoms with Crippen LogP contribution < -0.4 is 10.6 Å². The van der Waals surface area contributed by atoms with E-state index in [0.29, 0.717) is 12.6 Å². The second-order valence-electron chi connectivity index (χ2n) is 6.08. The molecule has 3 fully saturated rings. The molecular weight excluding hydrogens is 256 g/mol. The first-order chi connectivity index (χ1) is 9.81. The van der Waals surface area contributed by atoms with Crippen molar-refractivity contribution in [3.8, 4) is 0 Å². The van der Waals surface area contributed by atoms with Gasteiger partial charge < -0.3 is 15.4 Å². The Morgan fingerprint density at radius 2 is 1.85 bits per heavy atom. The fourth-order valence-corrected chi connectivity index (χ4v) is 3.14. The fraction of sp³-hybridized carbons (Fsp3) is 0.929. The van der Waals surface area contributed by atoms with Gasteiger partial charge in [0.1, 0.15) is 0 Å². The molecule has 20 heavy (non-hydrogen) atoms. The molecule has 6 nitrogen and oxygen atoms in total. The van der Waals surface area contributed by atoms with Crippen molar-refractivity contribution in [2.45, 2.75) is 24.9 Å². The minimum Gasteiger partial charge on any atom is -0.381 e. The quantitative estimate of drug-likeness (QED) is 0.683. The molecular formula is C14H26N4O2. The van der Waals surface area contributed by atoms with Crippen LogP contribution in [0.2, 0.25) is 0 Å². The predicted octanol–water partition coefficient (Wildman–Crippen LogP) is -1.13. The Morgan fingerprint density at radius 3 is 2.45 bits per heavy atom. The van der Waals surface area contributed by atoms with Crippen molar-refractivity contribution >= 4 is 5.91 Å². The zero-order chi connectivity index (χ0) is 13.8. The van der Waals surface area contributed by atoms with Gasteiger partial charge in [0.2, 0.25) is 5.91 Å². The normalized spacial score (nSPS) is 27.2. The summed E-state index contributed by atoms with van der Waals surface area (Å²) < 4.78 is 5.31. The third-order valence-corrected chi connectivity index (χ3v) is 4.64. The van der Waals surface area contributed by atoms with E-state index < -0.39 is 0 Å². The molecule has 0 radical (unpaired) electrons. The molecule has 0 aromatic carbocycles. The van der Waals surface area contributed by atoms with Crippen molar-refractivity contribution < 1.29 is 9.53 Å². The van der Waals surface area contributed by atoms with Crippen LogP contribution in [0.25, 0.3) is 0 Å². The van der Waals surface area contributed by atoms with Gasteiger partial charge in [-0.1, -0.05) is 0 Å². The van der Waals surface area contributed by atoms with Gasteiger partial charge in [0.25, 0.3) is 0 Å². The summed E-state index contributed by atoms with van der Waals surface area (Å²) in [5.74, 6) is 0.177. The van der Waals surface area contributed by atoms with Gasteiger partial charge in [-0.2, -0.15) is 0 Å². The average molecular weight is 282 g/mol. The maximum Gasteiger partial charge on any atom is 0.234 e. The summed E-state index contributed by atoms with van der Waals surface area (Å²) in [5.41, 5.74) is 0. The number of amides is 1. The van der Waals surface area contributed by atoms with E-state index in [1.54, 1.807) is 0 Å². The van der Waals surface area contributed by atoms with E-state index in [1.165, 1.54) is 0 Å². The highest BCUT2D eigenvalue weighted by Crippen LogP contribution is 2.10. The molecule has 6 heteroatoms. The van der Waals surface area contributed by atoms with Gasteiger partial charge in [-0.05, 0) is 12.8 Å². The molecule has 0 aromatic heterocycles. The van der Waals surface area contributed by atoms with Crippen LogP contribution in [0.1, 0.15) is 12.8 Å². The Bertz CT molecular complexity index is 321. The lowest BCUT2D eigenvalue weighted by atomic mass is 10.1. The van der Waals surface area contributed by atoms with E-state index in [9.17, 15) is 4.79 Å². The molecule has 114 valence electrons. The van der Waals surface area contributed by atoms with E-state index in [4.69, 9.17) is 4.74 Å². The van der Waals surface area contributed by atoms with E-state index in [2.05, 4.69) is 20.4 Å². The molecule has 3 heterocycles. The maximum atomic E-state index is 12.0. The molecule has 0 aromatic rings. The number of piperazine rings is 1. The number of hydrogen-bond acceptors (Lipinski definition) is 5. The Morgan fingerprint density at radius 1 is 1.15 bits per heavy atom.